The molecule has 0 saturated heterocycles. The van der Waals surface area contributed by atoms with Gasteiger partial charge in [-0.25, -0.2) is 9.59 Å². The Morgan fingerprint density at radius 2 is 1.57 bits per heavy atom. The highest BCUT2D eigenvalue weighted by Crippen LogP contribution is 2.35. The number of carbonyl (C=O) groups is 4. The maximum atomic E-state index is 14.6. The van der Waals surface area contributed by atoms with Crippen LogP contribution in [0.3, 0.4) is 0 Å². The first-order chi connectivity index (χ1) is 22.0. The molecule has 3 atom stereocenters. The number of rotatable bonds is 13. The van der Waals surface area contributed by atoms with Crippen LogP contribution in [0.5, 0.6) is 5.75 Å². The third kappa shape index (κ3) is 11.5. The highest BCUT2D eigenvalue weighted by Gasteiger charge is 2.43. The quantitative estimate of drug-likeness (QED) is 0.227. The Balaban J connectivity index is 2.08. The molecule has 1 saturated carbocycles. The van der Waals surface area contributed by atoms with E-state index in [9.17, 15) is 24.3 Å². The molecule has 2 aromatic carbocycles. The molecule has 1 fully saturated rings. The van der Waals surface area contributed by atoms with Crippen LogP contribution >= 0.6 is 11.8 Å². The fraction of sp³-hybridized carbons (Fsp3) is 0.556. The number of phenolic OH excluding ortho intramolecular Hbond substituents is 1. The maximum absolute atomic E-state index is 14.6. The molecule has 3 amide bonds. The van der Waals surface area contributed by atoms with Crippen LogP contribution in [0.4, 0.5) is 4.79 Å². The molecule has 11 heteroatoms. The lowest BCUT2D eigenvalue weighted by Gasteiger charge is -2.44. The summed E-state index contributed by atoms with van der Waals surface area (Å²) in [6.45, 7) is 12.2. The van der Waals surface area contributed by atoms with Crippen LogP contribution in [0.25, 0.3) is 0 Å². The Labute approximate surface area is 283 Å². The summed E-state index contributed by atoms with van der Waals surface area (Å²) in [5.41, 5.74) is 0.260. The molecule has 1 aliphatic rings. The second kappa shape index (κ2) is 16.4. The number of alkyl carbamates (subject to hydrolysis) is 1. The number of hydrogen-bond acceptors (Lipinski definition) is 8. The number of aromatic hydroxyl groups is 1. The Morgan fingerprint density at radius 1 is 0.936 bits per heavy atom. The lowest BCUT2D eigenvalue weighted by atomic mass is 9.87. The number of phenols is 1. The second-order valence-electron chi connectivity index (χ2n) is 14.0. The number of benzene rings is 2. The Morgan fingerprint density at radius 3 is 2.11 bits per heavy atom. The normalized spacial score (nSPS) is 15.4. The van der Waals surface area contributed by atoms with Crippen molar-refractivity contribution < 1.29 is 33.8 Å². The van der Waals surface area contributed by atoms with E-state index in [4.69, 9.17) is 9.47 Å². The van der Waals surface area contributed by atoms with Crippen molar-refractivity contribution in [1.29, 1.82) is 0 Å². The molecular weight excluding hydrogens is 618 g/mol. The van der Waals surface area contributed by atoms with E-state index in [2.05, 4.69) is 10.6 Å². The van der Waals surface area contributed by atoms with Crippen molar-refractivity contribution in [3.63, 3.8) is 0 Å². The van der Waals surface area contributed by atoms with Gasteiger partial charge in [0.25, 0.3) is 0 Å². The van der Waals surface area contributed by atoms with Gasteiger partial charge in [-0.1, -0.05) is 36.4 Å². The molecule has 0 spiro atoms. The average molecular weight is 670 g/mol. The Kier molecular flexibility index (Phi) is 13.2. The van der Waals surface area contributed by atoms with Gasteiger partial charge < -0.3 is 30.1 Å². The molecule has 3 N–H and O–H groups in total. The molecule has 0 heterocycles. The zero-order chi connectivity index (χ0) is 34.9. The van der Waals surface area contributed by atoms with E-state index in [0.29, 0.717) is 36.1 Å². The number of nitrogens with one attached hydrogen (secondary N) is 2. The molecule has 3 rings (SSSR count). The summed E-state index contributed by atoms with van der Waals surface area (Å²) in [7, 11) is 0. The first kappa shape index (κ1) is 37.7. The second-order valence-corrected chi connectivity index (χ2v) is 15.0. The predicted octanol–water partition coefficient (Wildman–Crippen LogP) is 5.84. The summed E-state index contributed by atoms with van der Waals surface area (Å²) in [5.74, 6) is -0.950. The van der Waals surface area contributed by atoms with Crippen LogP contribution in [-0.2, 0) is 30.3 Å². The van der Waals surface area contributed by atoms with Crippen molar-refractivity contribution >= 4 is 35.6 Å². The molecule has 10 nitrogen and oxygen atoms in total. The summed E-state index contributed by atoms with van der Waals surface area (Å²) >= 11 is 1.54. The summed E-state index contributed by atoms with van der Waals surface area (Å²) in [6.07, 6.45) is 3.91. The SMILES string of the molecule is CSCCC(NC(=O)OC(C)(C)C)C(=O)N(C1CCC1)C(C(=O)NC(Cc1ccccc1)C(=O)OC(C)(C)C)c1ccc(O)c(C)c1. The van der Waals surface area contributed by atoms with E-state index >= 15 is 0 Å². The van der Waals surface area contributed by atoms with Crippen molar-refractivity contribution in [1.82, 2.24) is 15.5 Å². The van der Waals surface area contributed by atoms with Gasteiger partial charge in [0.05, 0.1) is 0 Å². The van der Waals surface area contributed by atoms with Gasteiger partial charge in [-0.05, 0) is 115 Å². The standard InChI is InChI=1S/C36H51N3O7S/c1-23-21-25(17-18-29(23)40)30(31(41)37-28(33(43)45-35(2,3)4)22-24-13-10-9-11-14-24)39(26-15-12-16-26)32(42)27(19-20-47-8)38-34(44)46-36(5,6)7/h9-11,13-14,17-18,21,26-28,30,40H,12,15-16,19-20,22H2,1-8H3,(H,37,41)(H,38,44). The summed E-state index contributed by atoms with van der Waals surface area (Å²) < 4.78 is 11.2. The van der Waals surface area contributed by atoms with Gasteiger partial charge in [-0.15, -0.1) is 0 Å². The number of thioether (sulfide) groups is 1. The topological polar surface area (TPSA) is 134 Å². The largest absolute Gasteiger partial charge is 0.508 e. The Bertz CT molecular complexity index is 1380. The van der Waals surface area contributed by atoms with Crippen LogP contribution < -0.4 is 10.6 Å². The van der Waals surface area contributed by atoms with Crippen molar-refractivity contribution in [2.45, 2.75) is 116 Å². The fourth-order valence-electron chi connectivity index (χ4n) is 5.26. The van der Waals surface area contributed by atoms with Crippen LogP contribution in [-0.4, -0.2) is 75.2 Å². The lowest BCUT2D eigenvalue weighted by molar-refractivity contribution is -0.159. The molecule has 0 bridgehead atoms. The van der Waals surface area contributed by atoms with Crippen molar-refractivity contribution in [2.24, 2.45) is 0 Å². The molecule has 0 radical (unpaired) electrons. The fourth-order valence-corrected chi connectivity index (χ4v) is 5.73. The Hall–Kier alpha value is -3.73. The van der Waals surface area contributed by atoms with E-state index in [1.807, 2.05) is 36.6 Å². The number of ether oxygens (including phenoxy) is 2. The number of hydrogen-bond donors (Lipinski definition) is 3. The summed E-state index contributed by atoms with van der Waals surface area (Å²) in [4.78, 5) is 57.1. The highest BCUT2D eigenvalue weighted by atomic mass is 32.2. The van der Waals surface area contributed by atoms with E-state index in [1.54, 1.807) is 65.5 Å². The van der Waals surface area contributed by atoms with Gasteiger partial charge in [0.2, 0.25) is 11.8 Å². The van der Waals surface area contributed by atoms with Crippen molar-refractivity contribution in [2.75, 3.05) is 12.0 Å². The third-order valence-electron chi connectivity index (χ3n) is 7.68. The first-order valence-corrected chi connectivity index (χ1v) is 17.6. The number of aryl methyl sites for hydroxylation is 1. The molecule has 258 valence electrons. The molecule has 2 aromatic rings. The predicted molar refractivity (Wildman–Crippen MR) is 184 cm³/mol. The van der Waals surface area contributed by atoms with Crippen LogP contribution in [0.15, 0.2) is 48.5 Å². The summed E-state index contributed by atoms with van der Waals surface area (Å²) in [5, 5.41) is 16.0. The van der Waals surface area contributed by atoms with Crippen LogP contribution in [0.1, 0.15) is 90.0 Å². The minimum Gasteiger partial charge on any atom is -0.508 e. The third-order valence-corrected chi connectivity index (χ3v) is 8.32. The van der Waals surface area contributed by atoms with E-state index in [-0.39, 0.29) is 18.2 Å². The monoisotopic (exact) mass is 669 g/mol. The van der Waals surface area contributed by atoms with Gasteiger partial charge in [-0.3, -0.25) is 9.59 Å². The van der Waals surface area contributed by atoms with Gasteiger partial charge >= 0.3 is 12.1 Å². The molecular formula is C36H51N3O7S. The molecule has 0 aliphatic heterocycles. The zero-order valence-corrected chi connectivity index (χ0v) is 29.7. The van der Waals surface area contributed by atoms with Crippen LogP contribution in [0, 0.1) is 6.92 Å². The van der Waals surface area contributed by atoms with Gasteiger partial charge in [0, 0.05) is 12.5 Å². The molecule has 1 aliphatic carbocycles. The first-order valence-electron chi connectivity index (χ1n) is 16.2. The van der Waals surface area contributed by atoms with Crippen LogP contribution in [0.2, 0.25) is 0 Å². The molecule has 0 aromatic heterocycles. The number of esters is 1. The molecule has 47 heavy (non-hydrogen) atoms. The van der Waals surface area contributed by atoms with Gasteiger partial charge in [-0.2, -0.15) is 11.8 Å². The maximum Gasteiger partial charge on any atom is 0.408 e. The van der Waals surface area contributed by atoms with Gasteiger partial charge in [0.1, 0.15) is 35.1 Å². The number of amides is 3. The minimum atomic E-state index is -1.16. The lowest BCUT2D eigenvalue weighted by Crippen LogP contribution is -2.58. The zero-order valence-electron chi connectivity index (χ0n) is 28.9. The van der Waals surface area contributed by atoms with E-state index in [1.165, 1.54) is 17.8 Å². The number of carbonyl (C=O) groups excluding carboxylic acids is 4. The number of nitrogens with zero attached hydrogens (tertiary/aromatic N) is 1. The average Bonchev–Trinajstić information content (AvgIpc) is 2.93. The summed E-state index contributed by atoms with van der Waals surface area (Å²) in [6, 6.07) is 10.7. The minimum absolute atomic E-state index is 0.0505. The van der Waals surface area contributed by atoms with Crippen molar-refractivity contribution in [3.8, 4) is 5.75 Å². The van der Waals surface area contributed by atoms with Gasteiger partial charge in [0.15, 0.2) is 0 Å². The molecule has 3 unspecified atom stereocenters. The highest BCUT2D eigenvalue weighted by molar-refractivity contribution is 7.98. The van der Waals surface area contributed by atoms with E-state index in [0.717, 1.165) is 12.0 Å². The van der Waals surface area contributed by atoms with E-state index < -0.39 is 53.2 Å². The van der Waals surface area contributed by atoms with Crippen molar-refractivity contribution in [3.05, 3.63) is 65.2 Å². The smallest absolute Gasteiger partial charge is 0.408 e.